The van der Waals surface area contributed by atoms with E-state index in [1.54, 1.807) is 7.11 Å². The van der Waals surface area contributed by atoms with Crippen LogP contribution in [0.15, 0.2) is 78.9 Å². The van der Waals surface area contributed by atoms with E-state index < -0.39 is 0 Å². The number of carbonyl (C=O) groups is 1. The predicted octanol–water partition coefficient (Wildman–Crippen LogP) is 5.77. The number of methoxy groups -OCH3 is 1. The second-order valence-electron chi connectivity index (χ2n) is 6.24. The van der Waals surface area contributed by atoms with Gasteiger partial charge in [-0.15, -0.1) is 0 Å². The summed E-state index contributed by atoms with van der Waals surface area (Å²) in [5, 5.41) is 3.84. The zero-order valence-electron chi connectivity index (χ0n) is 15.1. The number of hydrogen-bond donors (Lipinski definition) is 1. The lowest BCUT2D eigenvalue weighted by molar-refractivity contribution is 0.102. The number of hydrogen-bond acceptors (Lipinski definition) is 3. The van der Waals surface area contributed by atoms with Crippen LogP contribution in [0.2, 0.25) is 0 Å². The van der Waals surface area contributed by atoms with Gasteiger partial charge in [0.15, 0.2) is 0 Å². The highest BCUT2D eigenvalue weighted by molar-refractivity contribution is 14.1. The number of pyridine rings is 1. The summed E-state index contributed by atoms with van der Waals surface area (Å²) in [4.78, 5) is 17.9. The summed E-state index contributed by atoms with van der Waals surface area (Å²) in [6.45, 7) is 0. The number of para-hydroxylation sites is 2. The predicted molar refractivity (Wildman–Crippen MR) is 121 cm³/mol. The van der Waals surface area contributed by atoms with Crippen LogP contribution in [0.4, 0.5) is 5.69 Å². The Labute approximate surface area is 176 Å². The maximum Gasteiger partial charge on any atom is 0.256 e. The van der Waals surface area contributed by atoms with E-state index in [-0.39, 0.29) is 5.91 Å². The lowest BCUT2D eigenvalue weighted by Crippen LogP contribution is -2.14. The maximum atomic E-state index is 13.1. The van der Waals surface area contributed by atoms with Crippen LogP contribution in [0, 0.1) is 3.57 Å². The molecule has 3 aromatic carbocycles. The maximum absolute atomic E-state index is 13.1. The largest absolute Gasteiger partial charge is 0.497 e. The first kappa shape index (κ1) is 18.4. The number of nitrogens with zero attached hydrogens (tertiary/aromatic N) is 1. The fraction of sp³-hybridized carbons (Fsp3) is 0.0435. The van der Waals surface area contributed by atoms with Gasteiger partial charge in [-0.25, -0.2) is 4.98 Å². The van der Waals surface area contributed by atoms with Crippen LogP contribution in [0.5, 0.6) is 5.75 Å². The van der Waals surface area contributed by atoms with Gasteiger partial charge in [0.1, 0.15) is 5.75 Å². The second-order valence-corrected chi connectivity index (χ2v) is 7.40. The normalized spacial score (nSPS) is 10.6. The summed E-state index contributed by atoms with van der Waals surface area (Å²) < 4.78 is 6.31. The van der Waals surface area contributed by atoms with Gasteiger partial charge >= 0.3 is 0 Å². The number of aromatic nitrogens is 1. The standard InChI is InChI=1S/C23H17IN2O2/c1-28-16-8-6-7-15(13-16)22-14-18(17-9-2-4-11-20(17)25-22)23(27)26-21-12-5-3-10-19(21)24/h2-14H,1H3,(H,26,27). The van der Waals surface area contributed by atoms with Gasteiger partial charge in [-0.3, -0.25) is 4.79 Å². The Balaban J connectivity index is 1.82. The SMILES string of the molecule is COc1cccc(-c2cc(C(=O)Nc3ccccc3I)c3ccccc3n2)c1. The first-order valence-electron chi connectivity index (χ1n) is 8.76. The molecular formula is C23H17IN2O2. The molecule has 4 nitrogen and oxygen atoms in total. The number of nitrogens with one attached hydrogen (secondary N) is 1. The molecule has 0 aliphatic carbocycles. The molecule has 1 N–H and O–H groups in total. The number of fused-ring (bicyclic) bond motifs is 1. The van der Waals surface area contributed by atoms with Gasteiger partial charge in [-0.05, 0) is 59.0 Å². The highest BCUT2D eigenvalue weighted by Gasteiger charge is 2.15. The Kier molecular flexibility index (Phi) is 5.25. The van der Waals surface area contributed by atoms with E-state index in [9.17, 15) is 4.79 Å². The van der Waals surface area contributed by atoms with Crippen LogP contribution in [0.1, 0.15) is 10.4 Å². The molecule has 1 amide bonds. The van der Waals surface area contributed by atoms with E-state index in [0.29, 0.717) is 5.56 Å². The third-order valence-electron chi connectivity index (χ3n) is 4.45. The molecule has 1 heterocycles. The Morgan fingerprint density at radius 3 is 2.57 bits per heavy atom. The van der Waals surface area contributed by atoms with Crippen molar-refractivity contribution in [1.29, 1.82) is 0 Å². The van der Waals surface area contributed by atoms with Crippen molar-refractivity contribution in [3.63, 3.8) is 0 Å². The van der Waals surface area contributed by atoms with Gasteiger partial charge in [0.25, 0.3) is 5.91 Å². The highest BCUT2D eigenvalue weighted by atomic mass is 127. The van der Waals surface area contributed by atoms with Crippen molar-refractivity contribution in [2.75, 3.05) is 12.4 Å². The Morgan fingerprint density at radius 1 is 0.964 bits per heavy atom. The average molecular weight is 480 g/mol. The first-order chi connectivity index (χ1) is 13.7. The summed E-state index contributed by atoms with van der Waals surface area (Å²) in [6.07, 6.45) is 0. The third-order valence-corrected chi connectivity index (χ3v) is 5.39. The lowest BCUT2D eigenvalue weighted by Gasteiger charge is -2.12. The number of ether oxygens (including phenoxy) is 1. The highest BCUT2D eigenvalue weighted by Crippen LogP contribution is 2.28. The summed E-state index contributed by atoms with van der Waals surface area (Å²) in [5.41, 5.74) is 3.77. The van der Waals surface area contributed by atoms with E-state index >= 15 is 0 Å². The fourth-order valence-corrected chi connectivity index (χ4v) is 3.57. The molecule has 1 aromatic heterocycles. The Hall–Kier alpha value is -2.93. The van der Waals surface area contributed by atoms with Gasteiger partial charge in [-0.1, -0.05) is 42.5 Å². The zero-order valence-corrected chi connectivity index (χ0v) is 17.3. The van der Waals surface area contributed by atoms with E-state index in [1.807, 2.05) is 78.9 Å². The van der Waals surface area contributed by atoms with E-state index in [0.717, 1.165) is 37.2 Å². The van der Waals surface area contributed by atoms with Gasteiger partial charge in [0.05, 0.1) is 29.6 Å². The first-order valence-corrected chi connectivity index (χ1v) is 9.83. The van der Waals surface area contributed by atoms with Gasteiger partial charge in [0, 0.05) is 14.5 Å². The summed E-state index contributed by atoms with van der Waals surface area (Å²) >= 11 is 2.21. The van der Waals surface area contributed by atoms with E-state index in [4.69, 9.17) is 9.72 Å². The minimum Gasteiger partial charge on any atom is -0.497 e. The molecular weight excluding hydrogens is 463 g/mol. The van der Waals surface area contributed by atoms with Crippen molar-refractivity contribution < 1.29 is 9.53 Å². The summed E-state index contributed by atoms with van der Waals surface area (Å²) in [7, 11) is 1.63. The van der Waals surface area contributed by atoms with E-state index in [2.05, 4.69) is 27.9 Å². The molecule has 0 bridgehead atoms. The Morgan fingerprint density at radius 2 is 1.75 bits per heavy atom. The molecule has 138 valence electrons. The lowest BCUT2D eigenvalue weighted by atomic mass is 10.0. The minimum atomic E-state index is -0.160. The second kappa shape index (κ2) is 7.98. The average Bonchev–Trinajstić information content (AvgIpc) is 2.74. The van der Waals surface area contributed by atoms with Crippen LogP contribution < -0.4 is 10.1 Å². The number of benzene rings is 3. The number of amides is 1. The molecule has 28 heavy (non-hydrogen) atoms. The summed E-state index contributed by atoms with van der Waals surface area (Å²) in [6, 6.07) is 24.9. The van der Waals surface area contributed by atoms with Crippen LogP contribution >= 0.6 is 22.6 Å². The molecule has 4 rings (SSSR count). The smallest absolute Gasteiger partial charge is 0.256 e. The molecule has 0 saturated heterocycles. The van der Waals surface area contributed by atoms with Crippen LogP contribution in [0.3, 0.4) is 0 Å². The molecule has 0 radical (unpaired) electrons. The molecule has 0 unspecified atom stereocenters. The van der Waals surface area contributed by atoms with Gasteiger partial charge in [-0.2, -0.15) is 0 Å². The molecule has 0 spiro atoms. The van der Waals surface area contributed by atoms with Crippen LogP contribution in [-0.4, -0.2) is 18.0 Å². The molecule has 5 heteroatoms. The Bertz CT molecular complexity index is 1170. The van der Waals surface area contributed by atoms with Crippen molar-refractivity contribution in [2.45, 2.75) is 0 Å². The molecule has 0 atom stereocenters. The molecule has 0 aliphatic heterocycles. The molecule has 0 aliphatic rings. The molecule has 4 aromatic rings. The van der Waals surface area contributed by atoms with Crippen molar-refractivity contribution >= 4 is 45.1 Å². The topological polar surface area (TPSA) is 51.2 Å². The fourth-order valence-electron chi connectivity index (χ4n) is 3.05. The number of halogens is 1. The molecule has 0 saturated carbocycles. The van der Waals surface area contributed by atoms with Crippen LogP contribution in [-0.2, 0) is 0 Å². The zero-order chi connectivity index (χ0) is 19.5. The quantitative estimate of drug-likeness (QED) is 0.378. The van der Waals surface area contributed by atoms with Gasteiger partial charge < -0.3 is 10.1 Å². The monoisotopic (exact) mass is 480 g/mol. The van der Waals surface area contributed by atoms with Crippen molar-refractivity contribution in [1.82, 2.24) is 4.98 Å². The number of rotatable bonds is 4. The van der Waals surface area contributed by atoms with E-state index in [1.165, 1.54) is 0 Å². The van der Waals surface area contributed by atoms with Gasteiger partial charge in [0.2, 0.25) is 0 Å². The van der Waals surface area contributed by atoms with Crippen molar-refractivity contribution in [3.05, 3.63) is 88.0 Å². The number of anilines is 1. The minimum absolute atomic E-state index is 0.160. The number of carbonyl (C=O) groups excluding carboxylic acids is 1. The molecule has 0 fully saturated rings. The summed E-state index contributed by atoms with van der Waals surface area (Å²) in [5.74, 6) is 0.587. The van der Waals surface area contributed by atoms with Crippen molar-refractivity contribution in [2.24, 2.45) is 0 Å². The third kappa shape index (κ3) is 3.71. The van der Waals surface area contributed by atoms with Crippen LogP contribution in [0.25, 0.3) is 22.2 Å². The van der Waals surface area contributed by atoms with Crippen molar-refractivity contribution in [3.8, 4) is 17.0 Å².